The Bertz CT molecular complexity index is 1190. The Morgan fingerprint density at radius 1 is 1.14 bits per heavy atom. The van der Waals surface area contributed by atoms with Gasteiger partial charge in [-0.2, -0.15) is 0 Å². The van der Waals surface area contributed by atoms with E-state index in [0.29, 0.717) is 11.3 Å². The maximum absolute atomic E-state index is 12.3. The second kappa shape index (κ2) is 7.73. The largest absolute Gasteiger partial charge is 0.422 e. The van der Waals surface area contributed by atoms with Crippen LogP contribution in [0.15, 0.2) is 73.3 Å². The van der Waals surface area contributed by atoms with Gasteiger partial charge in [-0.05, 0) is 40.2 Å². The van der Waals surface area contributed by atoms with Gasteiger partial charge in [0.25, 0.3) is 5.91 Å². The first-order chi connectivity index (χ1) is 13.5. The van der Waals surface area contributed by atoms with Crippen LogP contribution in [0.1, 0.15) is 12.0 Å². The topological polar surface area (TPSA) is 88.7 Å². The number of rotatable bonds is 4. The van der Waals surface area contributed by atoms with Crippen molar-refractivity contribution in [3.63, 3.8) is 0 Å². The second-order valence-corrected chi connectivity index (χ2v) is 8.12. The predicted molar refractivity (Wildman–Crippen MR) is 113 cm³/mol. The number of nitrogens with zero attached hydrogens (tertiary/aromatic N) is 1. The summed E-state index contributed by atoms with van der Waals surface area (Å²) in [5.41, 5.74) is 0.761. The quantitative estimate of drug-likeness (QED) is 0.599. The molecular formula is C20H13BrN2O4S. The molecule has 4 rings (SSSR count). The molecule has 1 aromatic heterocycles. The highest BCUT2D eigenvalue weighted by atomic mass is 79.9. The fourth-order valence-corrected chi connectivity index (χ4v) is 4.23. The van der Waals surface area contributed by atoms with E-state index in [4.69, 9.17) is 4.42 Å². The van der Waals surface area contributed by atoms with Crippen molar-refractivity contribution >= 4 is 61.2 Å². The van der Waals surface area contributed by atoms with Crippen LogP contribution in [0.4, 0.5) is 5.69 Å². The van der Waals surface area contributed by atoms with E-state index in [1.807, 2.05) is 24.3 Å². The maximum atomic E-state index is 12.3. The normalized spacial score (nSPS) is 16.2. The molecule has 0 bridgehead atoms. The highest BCUT2D eigenvalue weighted by molar-refractivity contribution is 9.10. The van der Waals surface area contributed by atoms with Gasteiger partial charge in [-0.3, -0.25) is 9.59 Å². The van der Waals surface area contributed by atoms with Gasteiger partial charge in [0.15, 0.2) is 0 Å². The first-order valence-electron chi connectivity index (χ1n) is 8.38. The molecule has 1 atom stereocenters. The van der Waals surface area contributed by atoms with Gasteiger partial charge in [-0.1, -0.05) is 42.1 Å². The molecule has 0 fully saturated rings. The molecular weight excluding hydrogens is 444 g/mol. The van der Waals surface area contributed by atoms with Crippen LogP contribution in [-0.2, 0) is 9.59 Å². The Morgan fingerprint density at radius 2 is 1.89 bits per heavy atom. The third kappa shape index (κ3) is 3.79. The summed E-state index contributed by atoms with van der Waals surface area (Å²) >= 11 is 4.47. The number of halogens is 1. The molecule has 0 saturated heterocycles. The van der Waals surface area contributed by atoms with Crippen molar-refractivity contribution in [1.29, 1.82) is 0 Å². The molecule has 6 nitrogen and oxygen atoms in total. The molecule has 0 saturated carbocycles. The van der Waals surface area contributed by atoms with Gasteiger partial charge < -0.3 is 9.73 Å². The summed E-state index contributed by atoms with van der Waals surface area (Å²) in [7, 11) is 0. The summed E-state index contributed by atoms with van der Waals surface area (Å²) in [4.78, 5) is 40.8. The monoisotopic (exact) mass is 456 g/mol. The third-order valence-electron chi connectivity index (χ3n) is 4.13. The zero-order valence-corrected chi connectivity index (χ0v) is 16.7. The van der Waals surface area contributed by atoms with Crippen molar-refractivity contribution in [2.45, 2.75) is 11.7 Å². The lowest BCUT2D eigenvalue weighted by atomic mass is 10.2. The van der Waals surface area contributed by atoms with E-state index in [9.17, 15) is 14.4 Å². The number of aliphatic imine (C=N–C) groups is 1. The summed E-state index contributed by atoms with van der Waals surface area (Å²) in [6, 6.07) is 16.0. The molecule has 2 heterocycles. The molecule has 0 aliphatic carbocycles. The number of para-hydroxylation sites is 2. The van der Waals surface area contributed by atoms with E-state index in [1.54, 1.807) is 30.3 Å². The van der Waals surface area contributed by atoms with E-state index in [-0.39, 0.29) is 22.9 Å². The number of nitrogens with one attached hydrogen (secondary N) is 1. The Labute approximate surface area is 172 Å². The Morgan fingerprint density at radius 3 is 2.71 bits per heavy atom. The molecule has 1 aliphatic heterocycles. The van der Waals surface area contributed by atoms with Crippen molar-refractivity contribution in [2.24, 2.45) is 4.99 Å². The van der Waals surface area contributed by atoms with Gasteiger partial charge in [-0.15, -0.1) is 0 Å². The minimum Gasteiger partial charge on any atom is -0.422 e. The molecule has 8 heteroatoms. The summed E-state index contributed by atoms with van der Waals surface area (Å²) in [5, 5.41) is 3.11. The number of thioether (sulfide) groups is 1. The van der Waals surface area contributed by atoms with Crippen LogP contribution in [-0.4, -0.2) is 22.1 Å². The Hall–Kier alpha value is -2.71. The molecule has 0 radical (unpaired) electrons. The van der Waals surface area contributed by atoms with Gasteiger partial charge in [-0.25, -0.2) is 9.79 Å². The molecule has 1 aliphatic rings. The fraction of sp³-hybridized carbons (Fsp3) is 0.100. The van der Waals surface area contributed by atoms with Gasteiger partial charge >= 0.3 is 5.63 Å². The number of anilines is 1. The van der Waals surface area contributed by atoms with Crippen molar-refractivity contribution in [1.82, 2.24) is 0 Å². The summed E-state index contributed by atoms with van der Waals surface area (Å²) in [5.74, 6) is -0.741. The maximum Gasteiger partial charge on any atom is 0.346 e. The molecule has 28 heavy (non-hydrogen) atoms. The highest BCUT2D eigenvalue weighted by Gasteiger charge is 2.32. The van der Waals surface area contributed by atoms with E-state index < -0.39 is 16.8 Å². The van der Waals surface area contributed by atoms with Crippen LogP contribution >= 0.6 is 27.7 Å². The van der Waals surface area contributed by atoms with Crippen LogP contribution < -0.4 is 10.9 Å². The average Bonchev–Trinajstić information content (AvgIpc) is 3.03. The number of fused-ring (bicyclic) bond motifs is 1. The summed E-state index contributed by atoms with van der Waals surface area (Å²) < 4.78 is 6.05. The summed E-state index contributed by atoms with van der Waals surface area (Å²) in [6.07, 6.45) is -0.0449. The van der Waals surface area contributed by atoms with Crippen molar-refractivity contribution in [3.8, 4) is 0 Å². The lowest BCUT2D eigenvalue weighted by molar-refractivity contribution is -0.121. The van der Waals surface area contributed by atoms with Crippen LogP contribution in [0, 0.1) is 0 Å². The van der Waals surface area contributed by atoms with E-state index >= 15 is 0 Å². The third-order valence-corrected chi connectivity index (χ3v) is 6.01. The smallest absolute Gasteiger partial charge is 0.346 e. The van der Waals surface area contributed by atoms with Crippen LogP contribution in [0.3, 0.4) is 0 Å². The van der Waals surface area contributed by atoms with Gasteiger partial charge in [0.1, 0.15) is 15.9 Å². The number of carbonyl (C=O) groups is 2. The van der Waals surface area contributed by atoms with Crippen molar-refractivity contribution in [2.75, 3.05) is 5.32 Å². The lowest BCUT2D eigenvalue weighted by Gasteiger charge is -2.09. The molecule has 1 N–H and O–H groups in total. The first kappa shape index (κ1) is 18.6. The minimum absolute atomic E-state index is 0.0449. The number of amides is 2. The Balaban J connectivity index is 1.50. The minimum atomic E-state index is -0.677. The molecule has 1 unspecified atom stereocenters. The molecule has 3 aromatic rings. The Kier molecular flexibility index (Phi) is 5.15. The predicted octanol–water partition coefficient (Wildman–Crippen LogP) is 3.97. The summed E-state index contributed by atoms with van der Waals surface area (Å²) in [6.45, 7) is 0. The zero-order valence-electron chi connectivity index (χ0n) is 14.3. The van der Waals surface area contributed by atoms with E-state index in [1.165, 1.54) is 0 Å². The number of benzene rings is 2. The van der Waals surface area contributed by atoms with Crippen LogP contribution in [0.2, 0.25) is 0 Å². The zero-order chi connectivity index (χ0) is 19.7. The molecule has 140 valence electrons. The standard InChI is InChI=1S/C20H13BrN2O4S/c21-13-6-2-3-7-14(13)22-17(24)10-16-18(25)23-19(28-16)12-9-11-5-1-4-8-15(11)27-20(12)26/h1-9,16H,10H2,(H,22,24). The van der Waals surface area contributed by atoms with E-state index in [2.05, 4.69) is 26.2 Å². The first-order valence-corrected chi connectivity index (χ1v) is 10.1. The number of hydrogen-bond donors (Lipinski definition) is 1. The average molecular weight is 457 g/mol. The van der Waals surface area contributed by atoms with Crippen molar-refractivity contribution in [3.05, 3.63) is 75.1 Å². The number of hydrogen-bond acceptors (Lipinski definition) is 5. The molecule has 2 amide bonds. The molecule has 0 spiro atoms. The van der Waals surface area contributed by atoms with E-state index in [0.717, 1.165) is 21.6 Å². The van der Waals surface area contributed by atoms with Crippen LogP contribution in [0.25, 0.3) is 11.0 Å². The van der Waals surface area contributed by atoms with Gasteiger partial charge in [0.2, 0.25) is 5.91 Å². The second-order valence-electron chi connectivity index (χ2n) is 6.08. The highest BCUT2D eigenvalue weighted by Crippen LogP contribution is 2.30. The number of carbonyl (C=O) groups excluding carboxylic acids is 2. The van der Waals surface area contributed by atoms with Gasteiger partial charge in [0, 0.05) is 16.3 Å². The SMILES string of the molecule is O=C(CC1SC(c2cc3ccccc3oc2=O)=NC1=O)Nc1ccccc1Br. The van der Waals surface area contributed by atoms with Crippen molar-refractivity contribution < 1.29 is 14.0 Å². The lowest BCUT2D eigenvalue weighted by Crippen LogP contribution is -2.21. The van der Waals surface area contributed by atoms with Gasteiger partial charge in [0.05, 0.1) is 11.3 Å². The van der Waals surface area contributed by atoms with Crippen LogP contribution in [0.5, 0.6) is 0 Å². The molecule has 2 aromatic carbocycles. The fourth-order valence-electron chi connectivity index (χ4n) is 2.78.